The molecule has 1 aliphatic rings. The van der Waals surface area contributed by atoms with Crippen LogP contribution in [0.1, 0.15) is 60.3 Å². The fourth-order valence-corrected chi connectivity index (χ4v) is 2.41. The standard InChI is InChI=1S/C13H26N2O2/c1-11(2,3)17-10(16)15-13(12(4,5)14)8-6-7-9-13/h6-9,14H2,1-5H3,(H,15,16). The van der Waals surface area contributed by atoms with E-state index in [1.165, 1.54) is 0 Å². The van der Waals surface area contributed by atoms with Crippen molar-refractivity contribution in [1.29, 1.82) is 0 Å². The number of carbonyl (C=O) groups is 1. The highest BCUT2D eigenvalue weighted by Gasteiger charge is 2.46. The second-order valence-corrected chi connectivity index (χ2v) is 6.64. The monoisotopic (exact) mass is 242 g/mol. The molecule has 0 atom stereocenters. The summed E-state index contributed by atoms with van der Waals surface area (Å²) in [6.45, 7) is 9.52. The molecular weight excluding hydrogens is 216 g/mol. The number of rotatable bonds is 2. The summed E-state index contributed by atoms with van der Waals surface area (Å²) < 4.78 is 5.31. The van der Waals surface area contributed by atoms with Crippen LogP contribution in [-0.4, -0.2) is 22.8 Å². The van der Waals surface area contributed by atoms with E-state index in [4.69, 9.17) is 10.5 Å². The zero-order valence-electron chi connectivity index (χ0n) is 11.7. The Kier molecular flexibility index (Phi) is 3.77. The Bertz CT molecular complexity index is 281. The van der Waals surface area contributed by atoms with Crippen LogP contribution in [0.15, 0.2) is 0 Å². The highest BCUT2D eigenvalue weighted by Crippen LogP contribution is 2.37. The molecule has 0 heterocycles. The molecule has 1 fully saturated rings. The van der Waals surface area contributed by atoms with Crippen LogP contribution in [-0.2, 0) is 4.74 Å². The molecule has 0 unspecified atom stereocenters. The number of nitrogens with one attached hydrogen (secondary N) is 1. The van der Waals surface area contributed by atoms with Gasteiger partial charge >= 0.3 is 6.09 Å². The zero-order chi connectivity index (χ0) is 13.3. The van der Waals surface area contributed by atoms with Crippen LogP contribution in [0.4, 0.5) is 4.79 Å². The topological polar surface area (TPSA) is 64.3 Å². The number of alkyl carbamates (subject to hydrolysis) is 1. The molecule has 4 nitrogen and oxygen atoms in total. The Hall–Kier alpha value is -0.770. The SMILES string of the molecule is CC(C)(C)OC(=O)NC1(C(C)(C)N)CCCC1. The lowest BCUT2D eigenvalue weighted by molar-refractivity contribution is 0.0402. The van der Waals surface area contributed by atoms with E-state index in [1.807, 2.05) is 34.6 Å². The van der Waals surface area contributed by atoms with Crippen molar-refractivity contribution < 1.29 is 9.53 Å². The molecule has 0 aromatic heterocycles. The van der Waals surface area contributed by atoms with Crippen LogP contribution in [0.2, 0.25) is 0 Å². The molecule has 1 rings (SSSR count). The molecule has 0 bridgehead atoms. The number of ether oxygens (including phenoxy) is 1. The molecule has 0 saturated heterocycles. The van der Waals surface area contributed by atoms with Crippen molar-refractivity contribution in [3.8, 4) is 0 Å². The number of hydrogen-bond donors (Lipinski definition) is 2. The summed E-state index contributed by atoms with van der Waals surface area (Å²) in [7, 11) is 0. The van der Waals surface area contributed by atoms with E-state index in [0.29, 0.717) is 0 Å². The van der Waals surface area contributed by atoms with Gasteiger partial charge in [0.15, 0.2) is 0 Å². The molecule has 1 saturated carbocycles. The van der Waals surface area contributed by atoms with Gasteiger partial charge in [0.1, 0.15) is 5.60 Å². The van der Waals surface area contributed by atoms with Gasteiger partial charge in [-0.3, -0.25) is 0 Å². The first-order valence-corrected chi connectivity index (χ1v) is 6.36. The van der Waals surface area contributed by atoms with Crippen LogP contribution < -0.4 is 11.1 Å². The second-order valence-electron chi connectivity index (χ2n) is 6.64. The number of nitrogens with two attached hydrogens (primary N) is 1. The van der Waals surface area contributed by atoms with Gasteiger partial charge in [0.05, 0.1) is 5.54 Å². The van der Waals surface area contributed by atoms with Crippen molar-refractivity contribution in [2.75, 3.05) is 0 Å². The quantitative estimate of drug-likeness (QED) is 0.782. The van der Waals surface area contributed by atoms with E-state index in [9.17, 15) is 4.79 Å². The third-order valence-electron chi connectivity index (χ3n) is 3.43. The van der Waals surface area contributed by atoms with E-state index in [1.54, 1.807) is 0 Å². The lowest BCUT2D eigenvalue weighted by Crippen LogP contribution is -2.64. The molecule has 0 aromatic carbocycles. The third kappa shape index (κ3) is 3.60. The first-order valence-electron chi connectivity index (χ1n) is 6.36. The predicted molar refractivity (Wildman–Crippen MR) is 68.8 cm³/mol. The summed E-state index contributed by atoms with van der Waals surface area (Å²) in [4.78, 5) is 11.9. The van der Waals surface area contributed by atoms with Crippen molar-refractivity contribution in [3.05, 3.63) is 0 Å². The summed E-state index contributed by atoms with van der Waals surface area (Å²) in [6, 6.07) is 0. The first kappa shape index (κ1) is 14.3. The maximum absolute atomic E-state index is 11.9. The summed E-state index contributed by atoms with van der Waals surface area (Å²) in [5, 5.41) is 3.00. The van der Waals surface area contributed by atoms with Gasteiger partial charge in [0.25, 0.3) is 0 Å². The number of carbonyl (C=O) groups excluding carboxylic acids is 1. The van der Waals surface area contributed by atoms with Crippen LogP contribution in [0, 0.1) is 0 Å². The summed E-state index contributed by atoms with van der Waals surface area (Å²) in [6.07, 6.45) is 3.70. The van der Waals surface area contributed by atoms with E-state index in [2.05, 4.69) is 5.32 Å². The van der Waals surface area contributed by atoms with Gasteiger partial charge in [0.2, 0.25) is 0 Å². The molecule has 0 aromatic rings. The Labute approximate surface area is 104 Å². The lowest BCUT2D eigenvalue weighted by Gasteiger charge is -2.42. The minimum atomic E-state index is -0.470. The molecule has 0 radical (unpaired) electrons. The highest BCUT2D eigenvalue weighted by molar-refractivity contribution is 5.69. The second kappa shape index (κ2) is 4.48. The molecular formula is C13H26N2O2. The van der Waals surface area contributed by atoms with Gasteiger partial charge in [-0.1, -0.05) is 12.8 Å². The summed E-state index contributed by atoms with van der Waals surface area (Å²) in [5.74, 6) is 0. The molecule has 0 aliphatic heterocycles. The van der Waals surface area contributed by atoms with E-state index in [-0.39, 0.29) is 11.6 Å². The third-order valence-corrected chi connectivity index (χ3v) is 3.43. The van der Waals surface area contributed by atoms with Crippen LogP contribution in [0.3, 0.4) is 0 Å². The number of hydrogen-bond acceptors (Lipinski definition) is 3. The maximum Gasteiger partial charge on any atom is 0.408 e. The Morgan fingerprint density at radius 3 is 2.00 bits per heavy atom. The van der Waals surface area contributed by atoms with Gasteiger partial charge in [0, 0.05) is 5.54 Å². The molecule has 100 valence electrons. The Morgan fingerprint density at radius 1 is 1.18 bits per heavy atom. The number of amides is 1. The van der Waals surface area contributed by atoms with Crippen LogP contribution in [0.5, 0.6) is 0 Å². The largest absolute Gasteiger partial charge is 0.444 e. The summed E-state index contributed by atoms with van der Waals surface area (Å²) >= 11 is 0. The highest BCUT2D eigenvalue weighted by atomic mass is 16.6. The van der Waals surface area contributed by atoms with Gasteiger partial charge < -0.3 is 15.8 Å². The molecule has 1 amide bonds. The average Bonchev–Trinajstić information content (AvgIpc) is 2.48. The minimum absolute atomic E-state index is 0.324. The van der Waals surface area contributed by atoms with E-state index < -0.39 is 11.1 Å². The first-order chi connectivity index (χ1) is 7.56. The van der Waals surface area contributed by atoms with Crippen molar-refractivity contribution in [1.82, 2.24) is 5.32 Å². The van der Waals surface area contributed by atoms with E-state index in [0.717, 1.165) is 25.7 Å². The zero-order valence-corrected chi connectivity index (χ0v) is 11.7. The molecule has 3 N–H and O–H groups in total. The maximum atomic E-state index is 11.9. The van der Waals surface area contributed by atoms with E-state index >= 15 is 0 Å². The molecule has 1 aliphatic carbocycles. The Morgan fingerprint density at radius 2 is 1.65 bits per heavy atom. The predicted octanol–water partition coefficient (Wildman–Crippen LogP) is 2.56. The Balaban J connectivity index is 2.72. The van der Waals surface area contributed by atoms with Crippen molar-refractivity contribution >= 4 is 6.09 Å². The fraction of sp³-hybridized carbons (Fsp3) is 0.923. The van der Waals surface area contributed by atoms with Crippen molar-refractivity contribution in [2.24, 2.45) is 5.73 Å². The average molecular weight is 242 g/mol. The fourth-order valence-electron chi connectivity index (χ4n) is 2.41. The normalized spacial score (nSPS) is 20.1. The van der Waals surface area contributed by atoms with Crippen molar-refractivity contribution in [2.45, 2.75) is 77.0 Å². The van der Waals surface area contributed by atoms with Gasteiger partial charge in [-0.2, -0.15) is 0 Å². The van der Waals surface area contributed by atoms with Gasteiger partial charge in [-0.15, -0.1) is 0 Å². The van der Waals surface area contributed by atoms with Crippen molar-refractivity contribution in [3.63, 3.8) is 0 Å². The van der Waals surface area contributed by atoms with Crippen LogP contribution in [0.25, 0.3) is 0 Å². The summed E-state index contributed by atoms with van der Waals surface area (Å²) in [5.41, 5.74) is 4.99. The smallest absolute Gasteiger partial charge is 0.408 e. The minimum Gasteiger partial charge on any atom is -0.444 e. The van der Waals surface area contributed by atoms with Gasteiger partial charge in [-0.05, 0) is 47.5 Å². The molecule has 17 heavy (non-hydrogen) atoms. The molecule has 4 heteroatoms. The van der Waals surface area contributed by atoms with Crippen LogP contribution >= 0.6 is 0 Å². The molecule has 0 spiro atoms. The lowest BCUT2D eigenvalue weighted by atomic mass is 9.78. The van der Waals surface area contributed by atoms with Gasteiger partial charge in [-0.25, -0.2) is 4.79 Å².